The lowest BCUT2D eigenvalue weighted by Crippen LogP contribution is -1.95. The summed E-state index contributed by atoms with van der Waals surface area (Å²) in [5.41, 5.74) is 6.66. The van der Waals surface area contributed by atoms with E-state index < -0.39 is 0 Å². The molecule has 0 N–H and O–H groups in total. The van der Waals surface area contributed by atoms with Gasteiger partial charge in [-0.1, -0.05) is 37.3 Å². The topological polar surface area (TPSA) is 17.8 Å². The van der Waals surface area contributed by atoms with Crippen LogP contribution in [0.15, 0.2) is 60.9 Å². The summed E-state index contributed by atoms with van der Waals surface area (Å²) in [6.07, 6.45) is 3.79. The smallest absolute Gasteiger partial charge is 0.0651 e. The van der Waals surface area contributed by atoms with E-state index in [1.165, 1.54) is 22.3 Å². The average Bonchev–Trinajstić information content (AvgIpc) is 3.08. The van der Waals surface area contributed by atoms with Crippen molar-refractivity contribution in [1.29, 1.82) is 0 Å². The third kappa shape index (κ3) is 1.46. The Morgan fingerprint density at radius 3 is 2.63 bits per heavy atom. The molecular weight excluding hydrogens is 232 g/mol. The van der Waals surface area contributed by atoms with Gasteiger partial charge in [0.25, 0.3) is 0 Å². The van der Waals surface area contributed by atoms with Crippen molar-refractivity contribution in [3.63, 3.8) is 0 Å². The minimum atomic E-state index is 0.484. The molecule has 0 saturated heterocycles. The van der Waals surface area contributed by atoms with Crippen molar-refractivity contribution in [3.8, 4) is 16.8 Å². The van der Waals surface area contributed by atoms with Gasteiger partial charge in [0.05, 0.1) is 5.69 Å². The van der Waals surface area contributed by atoms with E-state index in [4.69, 9.17) is 0 Å². The van der Waals surface area contributed by atoms with Crippen LogP contribution in [0.4, 0.5) is 0 Å². The van der Waals surface area contributed by atoms with Crippen LogP contribution >= 0.6 is 0 Å². The lowest BCUT2D eigenvalue weighted by molar-refractivity contribution is 0.878. The molecule has 0 spiro atoms. The summed E-state index contributed by atoms with van der Waals surface area (Å²) in [6.45, 7) is 2.28. The van der Waals surface area contributed by atoms with Crippen molar-refractivity contribution < 1.29 is 0 Å². The minimum Gasteiger partial charge on any atom is -0.241 e. The van der Waals surface area contributed by atoms with Gasteiger partial charge >= 0.3 is 0 Å². The maximum atomic E-state index is 4.30. The fourth-order valence-corrected chi connectivity index (χ4v) is 3.01. The Labute approximate surface area is 112 Å². The maximum Gasteiger partial charge on any atom is 0.0651 e. The van der Waals surface area contributed by atoms with E-state index >= 15 is 0 Å². The number of rotatable bonds is 1. The van der Waals surface area contributed by atoms with E-state index in [1.807, 2.05) is 23.1 Å². The number of hydrogen-bond donors (Lipinski definition) is 0. The molecule has 19 heavy (non-hydrogen) atoms. The molecule has 0 amide bonds. The van der Waals surface area contributed by atoms with E-state index in [1.54, 1.807) is 0 Å². The summed E-state index contributed by atoms with van der Waals surface area (Å²) in [4.78, 5) is 0. The number of nitrogens with zero attached hydrogens (tertiary/aromatic N) is 2. The van der Waals surface area contributed by atoms with Crippen LogP contribution < -0.4 is 0 Å². The Morgan fingerprint density at radius 1 is 0.947 bits per heavy atom. The van der Waals surface area contributed by atoms with E-state index in [2.05, 4.69) is 54.5 Å². The summed E-state index contributed by atoms with van der Waals surface area (Å²) < 4.78 is 1.91. The van der Waals surface area contributed by atoms with Crippen LogP contribution in [0.1, 0.15) is 24.0 Å². The SMILES string of the molecule is C[C@@H]1c2ccccc2-c2cc(-n3cccn3)ccc21. The Bertz CT molecular complexity index is 742. The van der Waals surface area contributed by atoms with Crippen LogP contribution in [0.2, 0.25) is 0 Å². The summed E-state index contributed by atoms with van der Waals surface area (Å²) in [7, 11) is 0. The van der Waals surface area contributed by atoms with Gasteiger partial charge in [0.15, 0.2) is 0 Å². The van der Waals surface area contributed by atoms with E-state index in [0.29, 0.717) is 5.92 Å². The van der Waals surface area contributed by atoms with Crippen LogP contribution in [0.5, 0.6) is 0 Å². The molecule has 92 valence electrons. The molecule has 0 saturated carbocycles. The third-order valence-electron chi connectivity index (χ3n) is 3.99. The first-order valence-electron chi connectivity index (χ1n) is 6.58. The molecule has 1 aromatic heterocycles. The summed E-state index contributed by atoms with van der Waals surface area (Å²) in [5, 5.41) is 4.30. The largest absolute Gasteiger partial charge is 0.241 e. The highest BCUT2D eigenvalue weighted by Gasteiger charge is 2.24. The maximum absolute atomic E-state index is 4.30. The second kappa shape index (κ2) is 3.82. The fraction of sp³-hybridized carbons (Fsp3) is 0.118. The molecule has 1 aliphatic carbocycles. The van der Waals surface area contributed by atoms with Gasteiger partial charge in [-0.2, -0.15) is 5.10 Å². The van der Waals surface area contributed by atoms with E-state index in [-0.39, 0.29) is 0 Å². The second-order valence-corrected chi connectivity index (χ2v) is 5.03. The lowest BCUT2D eigenvalue weighted by atomic mass is 9.99. The van der Waals surface area contributed by atoms with Crippen molar-refractivity contribution in [3.05, 3.63) is 72.1 Å². The van der Waals surface area contributed by atoms with E-state index in [9.17, 15) is 0 Å². The lowest BCUT2D eigenvalue weighted by Gasteiger charge is -2.07. The zero-order valence-electron chi connectivity index (χ0n) is 10.7. The number of aromatic nitrogens is 2. The Balaban J connectivity index is 1.94. The predicted molar refractivity (Wildman–Crippen MR) is 76.5 cm³/mol. The highest BCUT2D eigenvalue weighted by atomic mass is 15.3. The van der Waals surface area contributed by atoms with Crippen molar-refractivity contribution in [2.75, 3.05) is 0 Å². The van der Waals surface area contributed by atoms with Crippen LogP contribution in [0.3, 0.4) is 0 Å². The zero-order chi connectivity index (χ0) is 12.8. The molecular formula is C17H14N2. The third-order valence-corrected chi connectivity index (χ3v) is 3.99. The van der Waals surface area contributed by atoms with Gasteiger partial charge in [-0.05, 0) is 40.5 Å². The van der Waals surface area contributed by atoms with Crippen LogP contribution in [-0.2, 0) is 0 Å². The molecule has 4 rings (SSSR count). The number of hydrogen-bond acceptors (Lipinski definition) is 1. The van der Waals surface area contributed by atoms with Gasteiger partial charge in [0, 0.05) is 18.3 Å². The molecule has 1 aliphatic rings. The van der Waals surface area contributed by atoms with Crippen molar-refractivity contribution in [1.82, 2.24) is 9.78 Å². The molecule has 1 heterocycles. The average molecular weight is 246 g/mol. The molecule has 2 aromatic carbocycles. The Kier molecular flexibility index (Phi) is 2.12. The zero-order valence-corrected chi connectivity index (χ0v) is 10.7. The first-order valence-corrected chi connectivity index (χ1v) is 6.58. The Morgan fingerprint density at radius 2 is 1.79 bits per heavy atom. The minimum absolute atomic E-state index is 0.484. The first-order chi connectivity index (χ1) is 9.34. The first kappa shape index (κ1) is 10.6. The molecule has 0 bridgehead atoms. The van der Waals surface area contributed by atoms with Gasteiger partial charge < -0.3 is 0 Å². The molecule has 0 fully saturated rings. The van der Waals surface area contributed by atoms with E-state index in [0.717, 1.165) is 5.69 Å². The van der Waals surface area contributed by atoms with Crippen molar-refractivity contribution in [2.45, 2.75) is 12.8 Å². The summed E-state index contributed by atoms with van der Waals surface area (Å²) >= 11 is 0. The second-order valence-electron chi connectivity index (χ2n) is 5.03. The molecule has 0 unspecified atom stereocenters. The number of fused-ring (bicyclic) bond motifs is 3. The quantitative estimate of drug-likeness (QED) is 0.634. The van der Waals surface area contributed by atoms with Gasteiger partial charge in [0.1, 0.15) is 0 Å². The molecule has 1 atom stereocenters. The predicted octanol–water partition coefficient (Wildman–Crippen LogP) is 4.00. The molecule has 0 radical (unpaired) electrons. The van der Waals surface area contributed by atoms with Crippen molar-refractivity contribution in [2.24, 2.45) is 0 Å². The molecule has 2 heteroatoms. The van der Waals surface area contributed by atoms with Crippen LogP contribution in [-0.4, -0.2) is 9.78 Å². The molecule has 0 aliphatic heterocycles. The summed E-state index contributed by atoms with van der Waals surface area (Å²) in [5.74, 6) is 0.484. The standard InChI is InChI=1S/C17H14N2/c1-12-14-5-2-3-6-16(14)17-11-13(7-8-15(12)17)19-10-4-9-18-19/h2-12H,1H3/t12-/m1/s1. The van der Waals surface area contributed by atoms with Gasteiger partial charge in [0.2, 0.25) is 0 Å². The molecule has 2 nitrogen and oxygen atoms in total. The van der Waals surface area contributed by atoms with Gasteiger partial charge in [-0.3, -0.25) is 0 Å². The fourth-order valence-electron chi connectivity index (χ4n) is 3.01. The summed E-state index contributed by atoms with van der Waals surface area (Å²) in [6, 6.07) is 17.2. The van der Waals surface area contributed by atoms with Crippen molar-refractivity contribution >= 4 is 0 Å². The van der Waals surface area contributed by atoms with Crippen LogP contribution in [0.25, 0.3) is 16.8 Å². The van der Waals surface area contributed by atoms with Crippen LogP contribution in [0, 0.1) is 0 Å². The number of benzene rings is 2. The normalized spacial score (nSPS) is 16.2. The molecule has 3 aromatic rings. The highest BCUT2D eigenvalue weighted by molar-refractivity contribution is 5.80. The monoisotopic (exact) mass is 246 g/mol. The highest BCUT2D eigenvalue weighted by Crippen LogP contribution is 2.44. The van der Waals surface area contributed by atoms with Gasteiger partial charge in [-0.25, -0.2) is 4.68 Å². The Hall–Kier alpha value is -2.35. The van der Waals surface area contributed by atoms with Gasteiger partial charge in [-0.15, -0.1) is 0 Å².